The molecule has 5 rings (SSSR count). The third-order valence-corrected chi connectivity index (χ3v) is 7.90. The van der Waals surface area contributed by atoms with Crippen LogP contribution >= 0.6 is 45.3 Å². The lowest BCUT2D eigenvalue weighted by Crippen LogP contribution is -1.73. The summed E-state index contributed by atoms with van der Waals surface area (Å²) in [4.78, 5) is 11.5. The van der Waals surface area contributed by atoms with Gasteiger partial charge in [0, 0.05) is 41.0 Å². The molecule has 0 aliphatic heterocycles. The van der Waals surface area contributed by atoms with Crippen LogP contribution in [0.25, 0.3) is 18.8 Å². The molecule has 0 fully saturated rings. The summed E-state index contributed by atoms with van der Waals surface area (Å²) in [5.74, 6) is 0. The summed E-state index contributed by atoms with van der Waals surface area (Å²) in [6.45, 7) is 0. The molecule has 0 atom stereocenters. The summed E-state index contributed by atoms with van der Waals surface area (Å²) in [6.07, 6.45) is 3.88. The van der Waals surface area contributed by atoms with Gasteiger partial charge >= 0.3 is 0 Å². The van der Waals surface area contributed by atoms with Crippen LogP contribution in [0.15, 0.2) is 69.3 Å². The van der Waals surface area contributed by atoms with Crippen LogP contribution in [0.5, 0.6) is 0 Å². The van der Waals surface area contributed by atoms with Crippen LogP contribution in [-0.2, 0) is 0 Å². The van der Waals surface area contributed by atoms with E-state index in [1.54, 1.807) is 45.3 Å². The largest absolute Gasteiger partial charge is 0.255 e. The maximum atomic E-state index is 4.57. The van der Waals surface area contributed by atoms with Crippen LogP contribution in [0.4, 0.5) is 11.4 Å². The lowest BCUT2D eigenvalue weighted by atomic mass is 10.3. The topological polar surface area (TPSA) is 24.7 Å². The highest BCUT2D eigenvalue weighted by Gasteiger charge is 2.01. The first-order valence-corrected chi connectivity index (χ1v) is 11.3. The molecule has 0 spiro atoms. The minimum absolute atomic E-state index is 0.942. The zero-order valence-corrected chi connectivity index (χ0v) is 16.7. The van der Waals surface area contributed by atoms with Gasteiger partial charge in [-0.2, -0.15) is 0 Å². The van der Waals surface area contributed by atoms with E-state index in [-0.39, 0.29) is 0 Å². The average Bonchev–Trinajstić information content (AvgIpc) is 3.39. The van der Waals surface area contributed by atoms with Crippen molar-refractivity contribution in [2.75, 3.05) is 0 Å². The maximum absolute atomic E-state index is 4.57. The highest BCUT2D eigenvalue weighted by Crippen LogP contribution is 2.30. The second-order valence-corrected chi connectivity index (χ2v) is 9.75. The number of aliphatic imine (C=N–C) groups is 2. The van der Waals surface area contributed by atoms with E-state index in [9.17, 15) is 0 Å². The van der Waals surface area contributed by atoms with E-state index < -0.39 is 0 Å². The van der Waals surface area contributed by atoms with Gasteiger partial charge in [-0.15, -0.1) is 45.3 Å². The molecule has 0 saturated heterocycles. The van der Waals surface area contributed by atoms with Gasteiger partial charge in [0.05, 0.1) is 11.4 Å². The van der Waals surface area contributed by atoms with E-state index in [2.05, 4.69) is 45.0 Å². The molecule has 0 amide bonds. The third kappa shape index (κ3) is 3.29. The van der Waals surface area contributed by atoms with E-state index in [1.807, 2.05) is 36.7 Å². The fourth-order valence-electron chi connectivity index (χ4n) is 2.60. The molecule has 1 aromatic carbocycles. The zero-order chi connectivity index (χ0) is 17.3. The van der Waals surface area contributed by atoms with E-state index in [0.717, 1.165) is 11.4 Å². The van der Waals surface area contributed by atoms with Gasteiger partial charge < -0.3 is 0 Å². The van der Waals surface area contributed by atoms with Crippen molar-refractivity contribution in [3.8, 4) is 0 Å². The summed E-state index contributed by atoms with van der Waals surface area (Å²) in [5, 5.41) is 4.25. The average molecular weight is 409 g/mol. The summed E-state index contributed by atoms with van der Waals surface area (Å²) in [6, 6.07) is 16.7. The molecule has 5 aromatic rings. The molecule has 0 aliphatic rings. The van der Waals surface area contributed by atoms with Gasteiger partial charge in [-0.05, 0) is 59.3 Å². The number of benzene rings is 1. The highest BCUT2D eigenvalue weighted by molar-refractivity contribution is 7.28. The van der Waals surface area contributed by atoms with Crippen LogP contribution in [-0.4, -0.2) is 12.4 Å². The number of hydrogen-bond donors (Lipinski definition) is 0. The summed E-state index contributed by atoms with van der Waals surface area (Å²) in [7, 11) is 0. The van der Waals surface area contributed by atoms with Gasteiger partial charge in [0.1, 0.15) is 0 Å². The highest BCUT2D eigenvalue weighted by atomic mass is 32.1. The fraction of sp³-hybridized carbons (Fsp3) is 0. The first-order valence-electron chi connectivity index (χ1n) is 7.96. The zero-order valence-electron chi connectivity index (χ0n) is 13.5. The monoisotopic (exact) mass is 408 g/mol. The van der Waals surface area contributed by atoms with Gasteiger partial charge in [-0.1, -0.05) is 0 Å². The Morgan fingerprint density at radius 1 is 0.577 bits per heavy atom. The Morgan fingerprint density at radius 2 is 1.04 bits per heavy atom. The molecular weight excluding hydrogens is 397 g/mol. The van der Waals surface area contributed by atoms with Gasteiger partial charge in [-0.3, -0.25) is 9.98 Å². The third-order valence-electron chi connectivity index (χ3n) is 3.85. The first kappa shape index (κ1) is 16.1. The molecule has 6 heteroatoms. The Morgan fingerprint density at radius 3 is 1.46 bits per heavy atom. The van der Waals surface area contributed by atoms with E-state index >= 15 is 0 Å². The number of nitrogens with zero attached hydrogens (tertiary/aromatic N) is 2. The van der Waals surface area contributed by atoms with Crippen molar-refractivity contribution < 1.29 is 0 Å². The molecule has 26 heavy (non-hydrogen) atoms. The first-order chi connectivity index (χ1) is 12.8. The number of rotatable bonds is 4. The Bertz CT molecular complexity index is 1080. The van der Waals surface area contributed by atoms with Gasteiger partial charge in [0.2, 0.25) is 0 Å². The van der Waals surface area contributed by atoms with Crippen molar-refractivity contribution in [1.29, 1.82) is 0 Å². The number of hydrogen-bond acceptors (Lipinski definition) is 6. The summed E-state index contributed by atoms with van der Waals surface area (Å²) >= 11 is 7.09. The normalized spacial score (nSPS) is 12.3. The van der Waals surface area contributed by atoms with Crippen molar-refractivity contribution >= 4 is 88.0 Å². The summed E-state index contributed by atoms with van der Waals surface area (Å²) in [5.41, 5.74) is 1.88. The van der Waals surface area contributed by atoms with Gasteiger partial charge in [0.15, 0.2) is 0 Å². The predicted octanol–water partition coefficient (Wildman–Crippen LogP) is 7.74. The smallest absolute Gasteiger partial charge is 0.0631 e. The van der Waals surface area contributed by atoms with Crippen molar-refractivity contribution in [3.63, 3.8) is 0 Å². The molecule has 0 N–H and O–H groups in total. The SMILES string of the molecule is C(=Nc1ccc(N=Cc2cc3sccc3s2)cc1)c1cc2sccc2s1. The molecule has 0 bridgehead atoms. The Balaban J connectivity index is 1.30. The molecule has 2 nitrogen and oxygen atoms in total. The molecular formula is C20H12N2S4. The van der Waals surface area contributed by atoms with Gasteiger partial charge in [-0.25, -0.2) is 0 Å². The fourth-order valence-corrected chi connectivity index (χ4v) is 6.58. The number of fused-ring (bicyclic) bond motifs is 2. The van der Waals surface area contributed by atoms with Crippen LogP contribution in [0.2, 0.25) is 0 Å². The number of thiophene rings is 4. The molecule has 4 aromatic heterocycles. The van der Waals surface area contributed by atoms with E-state index in [1.165, 1.54) is 28.6 Å². The molecule has 0 radical (unpaired) electrons. The molecule has 0 unspecified atom stereocenters. The Labute approximate surface area is 166 Å². The van der Waals surface area contributed by atoms with Crippen LogP contribution in [0.1, 0.15) is 9.75 Å². The van der Waals surface area contributed by atoms with E-state index in [0.29, 0.717) is 0 Å². The quantitative estimate of drug-likeness (QED) is 0.272. The lowest BCUT2D eigenvalue weighted by Gasteiger charge is -1.95. The van der Waals surface area contributed by atoms with E-state index in [4.69, 9.17) is 0 Å². The van der Waals surface area contributed by atoms with Crippen molar-refractivity contribution in [1.82, 2.24) is 0 Å². The Kier molecular flexibility index (Phi) is 4.26. The van der Waals surface area contributed by atoms with Crippen LogP contribution < -0.4 is 0 Å². The van der Waals surface area contributed by atoms with Crippen molar-refractivity contribution in [3.05, 3.63) is 69.0 Å². The molecule has 0 saturated carbocycles. The predicted molar refractivity (Wildman–Crippen MR) is 120 cm³/mol. The lowest BCUT2D eigenvalue weighted by molar-refractivity contribution is 1.49. The van der Waals surface area contributed by atoms with Crippen molar-refractivity contribution in [2.24, 2.45) is 9.98 Å². The minimum atomic E-state index is 0.942. The molecule has 4 heterocycles. The van der Waals surface area contributed by atoms with Crippen molar-refractivity contribution in [2.45, 2.75) is 0 Å². The Hall–Kier alpha value is -2.12. The second kappa shape index (κ2) is 6.89. The maximum Gasteiger partial charge on any atom is 0.0631 e. The van der Waals surface area contributed by atoms with Crippen LogP contribution in [0.3, 0.4) is 0 Å². The molecule has 126 valence electrons. The second-order valence-electron chi connectivity index (χ2n) is 5.63. The minimum Gasteiger partial charge on any atom is -0.255 e. The van der Waals surface area contributed by atoms with Gasteiger partial charge in [0.25, 0.3) is 0 Å². The molecule has 0 aliphatic carbocycles. The summed E-state index contributed by atoms with van der Waals surface area (Å²) < 4.78 is 5.31. The standard InChI is InChI=1S/C20H12N2S4/c1-2-14(22-12-16-10-20-18(26-16)6-8-24-20)4-3-13(1)21-11-15-9-19-17(25-15)5-7-23-19/h1-12H. The van der Waals surface area contributed by atoms with Crippen LogP contribution in [0, 0.1) is 0 Å².